The van der Waals surface area contributed by atoms with Gasteiger partial charge in [-0.3, -0.25) is 9.97 Å². The summed E-state index contributed by atoms with van der Waals surface area (Å²) in [5, 5.41) is 10.3. The Bertz CT molecular complexity index is 2760. The number of aromatic nitrogens is 2. The molecule has 3 heterocycles. The van der Waals surface area contributed by atoms with Crippen molar-refractivity contribution in [2.45, 2.75) is 0 Å². The minimum absolute atomic E-state index is 0. The van der Waals surface area contributed by atoms with Gasteiger partial charge in [0.2, 0.25) is 0 Å². The van der Waals surface area contributed by atoms with E-state index in [2.05, 4.69) is 136 Å². The molecule has 61 heavy (non-hydrogen) atoms. The fourth-order valence-corrected chi connectivity index (χ4v) is 7.17. The molecule has 0 bridgehead atoms. The van der Waals surface area contributed by atoms with Crippen LogP contribution >= 0.6 is 0 Å². The molecule has 5 nitrogen and oxygen atoms in total. The van der Waals surface area contributed by atoms with E-state index in [1.54, 1.807) is 6.07 Å². The van der Waals surface area contributed by atoms with E-state index < -0.39 is 0 Å². The first-order chi connectivity index (χ1) is 29.7. The standard InChI is InChI=1S/C28H19N2.C27H20N2O.Ir/c1-2-8-21(9-3-1)22-12-14-23(15-13-22)24-18-25(27-10-4-6-16-29-27)20-26(19-24)28-11-5-7-17-30-28;30-27-14-8-7-13-25(27)28-19-26(29(20-28)24-11-5-2-6-12-24)23-17-15-22(16-18-23)21-9-3-1-4-10-21;/h1-19H;1-11,13-20,30H;/q-1;-2;+3. The van der Waals surface area contributed by atoms with Gasteiger partial charge >= 0.3 is 20.1 Å². The van der Waals surface area contributed by atoms with Gasteiger partial charge in [-0.15, -0.1) is 30.6 Å². The van der Waals surface area contributed by atoms with E-state index in [9.17, 15) is 5.11 Å². The molecule has 294 valence electrons. The Balaban J connectivity index is 0.000000166. The molecule has 1 aliphatic heterocycles. The van der Waals surface area contributed by atoms with Gasteiger partial charge in [-0.05, 0) is 63.8 Å². The van der Waals surface area contributed by atoms with Crippen molar-refractivity contribution in [2.75, 3.05) is 9.80 Å². The third kappa shape index (κ3) is 9.43. The smallest absolute Gasteiger partial charge is 0.506 e. The first kappa shape index (κ1) is 40.4. The molecule has 0 saturated heterocycles. The number of para-hydroxylation sites is 3. The number of aromatic hydroxyl groups is 1. The third-order valence-corrected chi connectivity index (χ3v) is 10.2. The zero-order valence-electron chi connectivity index (χ0n) is 33.0. The van der Waals surface area contributed by atoms with Crippen LogP contribution in [0.1, 0.15) is 5.56 Å². The number of hydrogen-bond acceptors (Lipinski definition) is 5. The molecule has 10 rings (SSSR count). The summed E-state index contributed by atoms with van der Waals surface area (Å²) in [5.41, 5.74) is 14.6. The summed E-state index contributed by atoms with van der Waals surface area (Å²) in [6.45, 7) is 1.97. The van der Waals surface area contributed by atoms with Crippen LogP contribution in [0.25, 0.3) is 61.6 Å². The maximum atomic E-state index is 10.3. The number of nitrogens with zero attached hydrogens (tertiary/aromatic N) is 4. The summed E-state index contributed by atoms with van der Waals surface area (Å²) >= 11 is 0. The van der Waals surface area contributed by atoms with Gasteiger partial charge in [-0.1, -0.05) is 162 Å². The fourth-order valence-electron chi connectivity index (χ4n) is 7.17. The first-order valence-electron chi connectivity index (χ1n) is 19.8. The number of phenolic OH excluding ortho intramolecular Hbond substituents is 1. The minimum atomic E-state index is 0. The zero-order valence-corrected chi connectivity index (χ0v) is 35.4. The Morgan fingerprint density at radius 2 is 0.934 bits per heavy atom. The molecule has 0 saturated carbocycles. The van der Waals surface area contributed by atoms with E-state index >= 15 is 0 Å². The van der Waals surface area contributed by atoms with Crippen LogP contribution in [-0.2, 0) is 20.1 Å². The quantitative estimate of drug-likeness (QED) is 0.154. The van der Waals surface area contributed by atoms with Crippen LogP contribution in [0, 0.1) is 18.8 Å². The Kier molecular flexibility index (Phi) is 12.7. The molecule has 0 spiro atoms. The Labute approximate surface area is 371 Å². The van der Waals surface area contributed by atoms with Gasteiger partial charge in [0.15, 0.2) is 0 Å². The van der Waals surface area contributed by atoms with Crippen LogP contribution in [0.3, 0.4) is 0 Å². The van der Waals surface area contributed by atoms with E-state index in [1.165, 1.54) is 22.3 Å². The van der Waals surface area contributed by atoms with Gasteiger partial charge in [0.25, 0.3) is 0 Å². The van der Waals surface area contributed by atoms with Crippen LogP contribution in [-0.4, -0.2) is 15.1 Å². The molecule has 0 aliphatic carbocycles. The number of phenols is 1. The number of anilines is 2. The van der Waals surface area contributed by atoms with Crippen LogP contribution in [0.5, 0.6) is 5.75 Å². The molecule has 6 heteroatoms. The topological polar surface area (TPSA) is 52.5 Å². The second-order valence-corrected chi connectivity index (χ2v) is 14.2. The van der Waals surface area contributed by atoms with E-state index in [0.29, 0.717) is 0 Å². The van der Waals surface area contributed by atoms with E-state index in [1.807, 2.05) is 121 Å². The van der Waals surface area contributed by atoms with Gasteiger partial charge in [-0.25, -0.2) is 0 Å². The molecular formula is C55H39IrN4O. The second-order valence-electron chi connectivity index (χ2n) is 14.2. The maximum Gasteiger partial charge on any atom is 3.00 e. The van der Waals surface area contributed by atoms with E-state index in [0.717, 1.165) is 56.3 Å². The predicted molar refractivity (Wildman–Crippen MR) is 245 cm³/mol. The Morgan fingerprint density at radius 3 is 1.44 bits per heavy atom. The SMILES string of the molecule is Oc1ccccc1N1C=C(c2ccc(-c3ccccc3)cc2)N(c2[c-]cccc2)[CH-]1.[Ir+3].[c-]1c(-c2ccccn2)cc(-c2ccc(-c3ccccc3)cc2)cc1-c1ccccn1. The Morgan fingerprint density at radius 1 is 0.459 bits per heavy atom. The summed E-state index contributed by atoms with van der Waals surface area (Å²) in [6.07, 6.45) is 5.66. The van der Waals surface area contributed by atoms with Crippen LogP contribution in [0.2, 0.25) is 0 Å². The molecule has 0 amide bonds. The van der Waals surface area contributed by atoms with E-state index in [-0.39, 0.29) is 25.9 Å². The number of rotatable bonds is 8. The van der Waals surface area contributed by atoms with Gasteiger partial charge in [0.05, 0.1) is 5.69 Å². The van der Waals surface area contributed by atoms with Crippen molar-refractivity contribution in [1.82, 2.24) is 9.97 Å². The van der Waals surface area contributed by atoms with E-state index in [4.69, 9.17) is 0 Å². The van der Waals surface area contributed by atoms with Crippen LogP contribution in [0.4, 0.5) is 11.4 Å². The molecule has 1 N–H and O–H groups in total. The van der Waals surface area contributed by atoms with Crippen molar-refractivity contribution in [3.63, 3.8) is 0 Å². The molecule has 0 atom stereocenters. The third-order valence-electron chi connectivity index (χ3n) is 10.2. The van der Waals surface area contributed by atoms with Crippen molar-refractivity contribution >= 4 is 17.1 Å². The molecule has 1 aliphatic rings. The predicted octanol–water partition coefficient (Wildman–Crippen LogP) is 13.2. The molecule has 0 fully saturated rings. The average molecular weight is 964 g/mol. The monoisotopic (exact) mass is 964 g/mol. The minimum Gasteiger partial charge on any atom is -0.506 e. The molecule has 0 radical (unpaired) electrons. The molecule has 0 unspecified atom stereocenters. The van der Waals surface area contributed by atoms with Gasteiger partial charge < -0.3 is 14.9 Å². The largest absolute Gasteiger partial charge is 3.00 e. The van der Waals surface area contributed by atoms with Gasteiger partial charge in [-0.2, -0.15) is 30.3 Å². The van der Waals surface area contributed by atoms with Crippen LogP contribution in [0.15, 0.2) is 225 Å². The van der Waals surface area contributed by atoms with Crippen molar-refractivity contribution in [3.05, 3.63) is 249 Å². The van der Waals surface area contributed by atoms with Crippen molar-refractivity contribution < 1.29 is 25.2 Å². The first-order valence-corrected chi connectivity index (χ1v) is 19.8. The van der Waals surface area contributed by atoms with Crippen molar-refractivity contribution in [1.29, 1.82) is 0 Å². The normalized spacial score (nSPS) is 11.8. The average Bonchev–Trinajstić information content (AvgIpc) is 3.79. The summed E-state index contributed by atoms with van der Waals surface area (Å²) in [6, 6.07) is 76.2. The summed E-state index contributed by atoms with van der Waals surface area (Å²) in [7, 11) is 0. The number of hydrogen-bond donors (Lipinski definition) is 1. The van der Waals surface area contributed by atoms with Gasteiger partial charge in [0.1, 0.15) is 5.75 Å². The van der Waals surface area contributed by atoms with Crippen LogP contribution < -0.4 is 9.80 Å². The van der Waals surface area contributed by atoms with Gasteiger partial charge in [0, 0.05) is 29.5 Å². The summed E-state index contributed by atoms with van der Waals surface area (Å²) < 4.78 is 0. The number of pyridine rings is 2. The maximum absolute atomic E-state index is 10.3. The summed E-state index contributed by atoms with van der Waals surface area (Å²) in [4.78, 5) is 13.1. The molecule has 2 aromatic heterocycles. The van der Waals surface area contributed by atoms with Crippen molar-refractivity contribution in [2.24, 2.45) is 0 Å². The van der Waals surface area contributed by atoms with Crippen molar-refractivity contribution in [3.8, 4) is 61.6 Å². The molecular weight excluding hydrogens is 925 g/mol. The second kappa shape index (κ2) is 19.1. The zero-order chi connectivity index (χ0) is 40.5. The fraction of sp³-hybridized carbons (Fsp3) is 0. The summed E-state index contributed by atoms with van der Waals surface area (Å²) in [5.74, 6) is 0.239. The number of benzene rings is 7. The Hall–Kier alpha value is -7.37. The molecule has 9 aromatic rings. The molecule has 7 aromatic carbocycles.